The van der Waals surface area contributed by atoms with Crippen LogP contribution in [0.25, 0.3) is 0 Å². The molecular formula is C14H17ClN2O2. The molecule has 4 nitrogen and oxygen atoms in total. The van der Waals surface area contributed by atoms with Crippen LogP contribution in [0.4, 0.5) is 5.69 Å². The molecule has 0 aromatic heterocycles. The molecule has 1 aromatic rings. The molecule has 0 spiro atoms. The van der Waals surface area contributed by atoms with Crippen molar-refractivity contribution >= 4 is 23.3 Å². The lowest BCUT2D eigenvalue weighted by molar-refractivity contribution is -0.141. The Balaban J connectivity index is 2.74. The number of rotatable bonds is 6. The van der Waals surface area contributed by atoms with Gasteiger partial charge in [-0.2, -0.15) is 5.26 Å². The average molecular weight is 281 g/mol. The first-order valence-corrected chi connectivity index (χ1v) is 6.48. The van der Waals surface area contributed by atoms with Crippen molar-refractivity contribution in [3.8, 4) is 6.07 Å². The van der Waals surface area contributed by atoms with Crippen LogP contribution in [-0.4, -0.2) is 17.6 Å². The molecule has 0 saturated carbocycles. The van der Waals surface area contributed by atoms with Gasteiger partial charge in [0.1, 0.15) is 6.07 Å². The fourth-order valence-corrected chi connectivity index (χ4v) is 2.01. The summed E-state index contributed by atoms with van der Waals surface area (Å²) < 4.78 is 0. The Labute approximate surface area is 118 Å². The second-order valence-electron chi connectivity index (χ2n) is 4.85. The first-order valence-electron chi connectivity index (χ1n) is 6.10. The summed E-state index contributed by atoms with van der Waals surface area (Å²) in [5.41, 5.74) is 1.03. The van der Waals surface area contributed by atoms with Crippen LogP contribution in [0.1, 0.15) is 25.8 Å². The molecule has 1 rings (SSSR count). The summed E-state index contributed by atoms with van der Waals surface area (Å²) in [6, 6.07) is 6.95. The zero-order chi connectivity index (χ0) is 14.4. The first-order chi connectivity index (χ1) is 8.93. The fraction of sp³-hybridized carbons (Fsp3) is 0.429. The van der Waals surface area contributed by atoms with Crippen molar-refractivity contribution in [3.05, 3.63) is 28.8 Å². The fourth-order valence-electron chi connectivity index (χ4n) is 1.84. The third kappa shape index (κ3) is 4.80. The monoisotopic (exact) mass is 280 g/mol. The van der Waals surface area contributed by atoms with E-state index in [0.29, 0.717) is 35.2 Å². The molecule has 19 heavy (non-hydrogen) atoms. The zero-order valence-electron chi connectivity index (χ0n) is 11.0. The Bertz CT molecular complexity index is 495. The predicted octanol–water partition coefficient (Wildman–Crippen LogP) is 3.37. The van der Waals surface area contributed by atoms with E-state index in [0.717, 1.165) is 0 Å². The lowest BCUT2D eigenvalue weighted by Crippen LogP contribution is -2.24. The highest BCUT2D eigenvalue weighted by Crippen LogP contribution is 2.21. The number of carboxylic acids is 1. The molecule has 0 fully saturated rings. The van der Waals surface area contributed by atoms with Crippen molar-refractivity contribution in [3.63, 3.8) is 0 Å². The lowest BCUT2D eigenvalue weighted by Gasteiger charge is -2.16. The average Bonchev–Trinajstić information content (AvgIpc) is 2.34. The molecule has 0 aliphatic rings. The number of nitriles is 1. The van der Waals surface area contributed by atoms with E-state index in [-0.39, 0.29) is 0 Å². The molecule has 1 aromatic carbocycles. The van der Waals surface area contributed by atoms with Gasteiger partial charge in [0.15, 0.2) is 0 Å². The van der Waals surface area contributed by atoms with E-state index in [1.165, 1.54) is 0 Å². The molecule has 0 aliphatic heterocycles. The van der Waals surface area contributed by atoms with Crippen LogP contribution in [0.15, 0.2) is 18.2 Å². The van der Waals surface area contributed by atoms with Gasteiger partial charge in [0.2, 0.25) is 0 Å². The maximum atomic E-state index is 11.1. The standard InChI is InChI=1S/C14H17ClN2O2/c1-9(2)5-11(14(18)19)8-17-13-4-3-12(15)6-10(13)7-16/h3-4,6,9,11,17H,5,8H2,1-2H3,(H,18,19). The maximum absolute atomic E-state index is 11.1. The minimum Gasteiger partial charge on any atom is -0.481 e. The van der Waals surface area contributed by atoms with Gasteiger partial charge < -0.3 is 10.4 Å². The van der Waals surface area contributed by atoms with Crippen LogP contribution in [0.5, 0.6) is 0 Å². The van der Waals surface area contributed by atoms with Gasteiger partial charge in [-0.25, -0.2) is 0 Å². The highest BCUT2D eigenvalue weighted by Gasteiger charge is 2.19. The topological polar surface area (TPSA) is 73.1 Å². The van der Waals surface area contributed by atoms with Gasteiger partial charge in [-0.15, -0.1) is 0 Å². The SMILES string of the molecule is CC(C)CC(CNc1ccc(Cl)cc1C#N)C(=O)O. The maximum Gasteiger partial charge on any atom is 0.308 e. The number of nitrogens with one attached hydrogen (secondary N) is 1. The van der Waals surface area contributed by atoms with Gasteiger partial charge in [0, 0.05) is 11.6 Å². The highest BCUT2D eigenvalue weighted by molar-refractivity contribution is 6.30. The summed E-state index contributed by atoms with van der Waals surface area (Å²) in [6.07, 6.45) is 0.595. The predicted molar refractivity (Wildman–Crippen MR) is 75.2 cm³/mol. The first kappa shape index (κ1) is 15.3. The summed E-state index contributed by atoms with van der Waals surface area (Å²) in [7, 11) is 0. The van der Waals surface area contributed by atoms with Crippen molar-refractivity contribution < 1.29 is 9.90 Å². The van der Waals surface area contributed by atoms with Crippen LogP contribution >= 0.6 is 11.6 Å². The number of halogens is 1. The minimum atomic E-state index is -0.825. The van der Waals surface area contributed by atoms with Crippen molar-refractivity contribution in [1.29, 1.82) is 5.26 Å². The molecule has 0 radical (unpaired) electrons. The zero-order valence-corrected chi connectivity index (χ0v) is 11.7. The molecule has 1 unspecified atom stereocenters. The summed E-state index contributed by atoms with van der Waals surface area (Å²) in [6.45, 7) is 4.27. The van der Waals surface area contributed by atoms with Crippen LogP contribution in [0.3, 0.4) is 0 Å². The van der Waals surface area contributed by atoms with Gasteiger partial charge in [0.25, 0.3) is 0 Å². The van der Waals surface area contributed by atoms with Crippen LogP contribution in [0.2, 0.25) is 5.02 Å². The molecule has 0 saturated heterocycles. The Hall–Kier alpha value is -1.73. The van der Waals surface area contributed by atoms with Gasteiger partial charge in [0.05, 0.1) is 17.2 Å². The van der Waals surface area contributed by atoms with Gasteiger partial charge in [-0.3, -0.25) is 4.79 Å². The highest BCUT2D eigenvalue weighted by atomic mass is 35.5. The van der Waals surface area contributed by atoms with Crippen molar-refractivity contribution in [2.45, 2.75) is 20.3 Å². The number of anilines is 1. The number of carboxylic acid groups (broad SMARTS) is 1. The van der Waals surface area contributed by atoms with E-state index < -0.39 is 11.9 Å². The van der Waals surface area contributed by atoms with Crippen molar-refractivity contribution in [1.82, 2.24) is 0 Å². The second kappa shape index (κ2) is 7.01. The second-order valence-corrected chi connectivity index (χ2v) is 5.28. The van der Waals surface area contributed by atoms with Crippen LogP contribution in [-0.2, 0) is 4.79 Å². The normalized spacial score (nSPS) is 11.9. The molecule has 0 aliphatic carbocycles. The molecule has 0 bridgehead atoms. The molecule has 0 amide bonds. The van der Waals surface area contributed by atoms with Gasteiger partial charge in [-0.1, -0.05) is 25.4 Å². The molecule has 102 valence electrons. The summed E-state index contributed by atoms with van der Waals surface area (Å²) in [4.78, 5) is 11.1. The number of benzene rings is 1. The van der Waals surface area contributed by atoms with E-state index in [1.54, 1.807) is 18.2 Å². The largest absolute Gasteiger partial charge is 0.481 e. The number of hydrogen-bond acceptors (Lipinski definition) is 3. The molecule has 2 N–H and O–H groups in total. The molecule has 1 atom stereocenters. The van der Waals surface area contributed by atoms with E-state index in [9.17, 15) is 4.79 Å². The van der Waals surface area contributed by atoms with Gasteiger partial charge >= 0.3 is 5.97 Å². The van der Waals surface area contributed by atoms with Crippen LogP contribution in [0, 0.1) is 23.2 Å². The third-order valence-corrected chi connectivity index (χ3v) is 2.98. The Morgan fingerprint density at radius 1 is 1.53 bits per heavy atom. The summed E-state index contributed by atoms with van der Waals surface area (Å²) in [5.74, 6) is -0.987. The summed E-state index contributed by atoms with van der Waals surface area (Å²) in [5, 5.41) is 21.6. The molecular weight excluding hydrogens is 264 g/mol. The number of aliphatic carboxylic acids is 1. The summed E-state index contributed by atoms with van der Waals surface area (Å²) >= 11 is 5.80. The minimum absolute atomic E-state index is 0.295. The lowest BCUT2D eigenvalue weighted by atomic mass is 9.97. The van der Waals surface area contributed by atoms with E-state index in [2.05, 4.69) is 5.32 Å². The van der Waals surface area contributed by atoms with Crippen LogP contribution < -0.4 is 5.32 Å². The van der Waals surface area contributed by atoms with Crippen molar-refractivity contribution in [2.75, 3.05) is 11.9 Å². The third-order valence-electron chi connectivity index (χ3n) is 2.75. The Kier molecular flexibility index (Phi) is 5.65. The van der Waals surface area contributed by atoms with E-state index in [4.69, 9.17) is 22.0 Å². The number of carbonyl (C=O) groups is 1. The van der Waals surface area contributed by atoms with E-state index in [1.807, 2.05) is 19.9 Å². The number of nitrogens with zero attached hydrogens (tertiary/aromatic N) is 1. The van der Waals surface area contributed by atoms with Gasteiger partial charge in [-0.05, 0) is 30.5 Å². The molecule has 0 heterocycles. The Morgan fingerprint density at radius 3 is 2.74 bits per heavy atom. The Morgan fingerprint density at radius 2 is 2.21 bits per heavy atom. The van der Waals surface area contributed by atoms with E-state index >= 15 is 0 Å². The quantitative estimate of drug-likeness (QED) is 0.838. The molecule has 5 heteroatoms. The van der Waals surface area contributed by atoms with Crippen molar-refractivity contribution in [2.24, 2.45) is 11.8 Å². The number of hydrogen-bond donors (Lipinski definition) is 2. The smallest absolute Gasteiger partial charge is 0.308 e.